The first-order valence-electron chi connectivity index (χ1n) is 8.43. The van der Waals surface area contributed by atoms with Crippen molar-refractivity contribution in [2.75, 3.05) is 33.7 Å². The topological polar surface area (TPSA) is 55.8 Å². The molecule has 2 atom stereocenters. The minimum absolute atomic E-state index is 0.180. The van der Waals surface area contributed by atoms with Crippen LogP contribution in [0.1, 0.15) is 44.9 Å². The summed E-state index contributed by atoms with van der Waals surface area (Å²) < 4.78 is 0. The first-order valence-corrected chi connectivity index (χ1v) is 8.43. The molecule has 2 rings (SSSR count). The third kappa shape index (κ3) is 5.24. The molecule has 0 bridgehead atoms. The van der Waals surface area contributed by atoms with Crippen LogP contribution in [-0.2, 0) is 4.79 Å². The van der Waals surface area contributed by atoms with Gasteiger partial charge in [0.2, 0.25) is 5.91 Å². The molecule has 1 amide bonds. The van der Waals surface area contributed by atoms with E-state index in [-0.39, 0.29) is 18.1 Å². The Morgan fingerprint density at radius 1 is 1.14 bits per heavy atom. The van der Waals surface area contributed by atoms with E-state index in [1.165, 1.54) is 12.8 Å². The lowest BCUT2D eigenvalue weighted by molar-refractivity contribution is -0.130. The van der Waals surface area contributed by atoms with Gasteiger partial charge in [-0.1, -0.05) is 19.3 Å². The molecule has 0 aromatic heterocycles. The fourth-order valence-electron chi connectivity index (χ4n) is 3.38. The number of aliphatic hydroxyl groups is 1. The molecule has 2 N–H and O–H groups in total. The third-order valence-electron chi connectivity index (χ3n) is 4.87. The summed E-state index contributed by atoms with van der Waals surface area (Å²) in [4.78, 5) is 15.6. The van der Waals surface area contributed by atoms with Crippen molar-refractivity contribution in [3.63, 3.8) is 0 Å². The Kier molecular flexibility index (Phi) is 6.45. The summed E-state index contributed by atoms with van der Waals surface area (Å²) in [7, 11) is 3.62. The van der Waals surface area contributed by atoms with Gasteiger partial charge in [-0.25, -0.2) is 0 Å². The van der Waals surface area contributed by atoms with E-state index in [1.54, 1.807) is 4.90 Å². The number of amides is 1. The molecule has 5 nitrogen and oxygen atoms in total. The molecule has 0 radical (unpaired) electrons. The largest absolute Gasteiger partial charge is 0.392 e. The molecule has 1 aliphatic heterocycles. The standard InChI is InChI=1S/C16H31N3O2/c1-18(2)16(21)12-19-10-8-13(9-11-19)17-14-6-4-3-5-7-15(14)20/h13-15,17,20H,3-12H2,1-2H3. The van der Waals surface area contributed by atoms with Crippen molar-refractivity contribution in [3.8, 4) is 0 Å². The van der Waals surface area contributed by atoms with E-state index in [0.717, 1.165) is 45.2 Å². The van der Waals surface area contributed by atoms with E-state index in [0.29, 0.717) is 12.6 Å². The number of nitrogens with one attached hydrogen (secondary N) is 1. The van der Waals surface area contributed by atoms with Gasteiger partial charge >= 0.3 is 0 Å². The molecule has 5 heteroatoms. The zero-order valence-corrected chi connectivity index (χ0v) is 13.6. The highest BCUT2D eigenvalue weighted by Crippen LogP contribution is 2.20. The van der Waals surface area contributed by atoms with E-state index in [4.69, 9.17) is 0 Å². The van der Waals surface area contributed by atoms with Crippen molar-refractivity contribution >= 4 is 5.91 Å². The van der Waals surface area contributed by atoms with Crippen LogP contribution in [0.15, 0.2) is 0 Å². The van der Waals surface area contributed by atoms with Gasteiger partial charge in [0.1, 0.15) is 0 Å². The van der Waals surface area contributed by atoms with Crippen LogP contribution in [-0.4, -0.2) is 72.7 Å². The summed E-state index contributed by atoms with van der Waals surface area (Å²) in [6.45, 7) is 2.48. The van der Waals surface area contributed by atoms with E-state index < -0.39 is 0 Å². The normalized spacial score (nSPS) is 29.1. The van der Waals surface area contributed by atoms with Gasteiger partial charge in [0.25, 0.3) is 0 Å². The number of carbonyl (C=O) groups excluding carboxylic acids is 1. The second kappa shape index (κ2) is 8.11. The van der Waals surface area contributed by atoms with Crippen LogP contribution >= 0.6 is 0 Å². The molecule has 0 aromatic rings. The Hall–Kier alpha value is -0.650. The maximum absolute atomic E-state index is 11.7. The number of hydrogen-bond donors (Lipinski definition) is 2. The number of hydrogen-bond acceptors (Lipinski definition) is 4. The second-order valence-electron chi connectivity index (χ2n) is 6.82. The molecule has 1 saturated heterocycles. The molecule has 0 spiro atoms. The molecule has 0 aromatic carbocycles. The lowest BCUT2D eigenvalue weighted by Crippen LogP contribution is -2.50. The molecule has 1 saturated carbocycles. The number of piperidine rings is 1. The average molecular weight is 297 g/mol. The quantitative estimate of drug-likeness (QED) is 0.755. The number of likely N-dealkylation sites (tertiary alicyclic amines) is 1. The fraction of sp³-hybridized carbons (Fsp3) is 0.938. The van der Waals surface area contributed by atoms with E-state index in [2.05, 4.69) is 10.2 Å². The highest BCUT2D eigenvalue weighted by Gasteiger charge is 2.27. The van der Waals surface area contributed by atoms with Crippen molar-refractivity contribution in [3.05, 3.63) is 0 Å². The fourth-order valence-corrected chi connectivity index (χ4v) is 3.38. The van der Waals surface area contributed by atoms with Crippen molar-refractivity contribution in [2.24, 2.45) is 0 Å². The van der Waals surface area contributed by atoms with Crippen LogP contribution in [0.4, 0.5) is 0 Å². The van der Waals surface area contributed by atoms with Crippen LogP contribution in [0.3, 0.4) is 0 Å². The molecule has 2 fully saturated rings. The SMILES string of the molecule is CN(C)C(=O)CN1CCC(NC2CCCCCC2O)CC1. The van der Waals surface area contributed by atoms with E-state index in [1.807, 2.05) is 14.1 Å². The summed E-state index contributed by atoms with van der Waals surface area (Å²) in [6.07, 6.45) is 7.64. The molecular weight excluding hydrogens is 266 g/mol. The molecule has 1 heterocycles. The summed E-state index contributed by atoms with van der Waals surface area (Å²) in [5, 5.41) is 13.9. The Balaban J connectivity index is 1.72. The Morgan fingerprint density at radius 2 is 1.81 bits per heavy atom. The van der Waals surface area contributed by atoms with Gasteiger partial charge in [0, 0.05) is 39.3 Å². The van der Waals surface area contributed by atoms with Crippen molar-refractivity contribution in [1.82, 2.24) is 15.1 Å². The number of rotatable bonds is 4. The lowest BCUT2D eigenvalue weighted by atomic mass is 10.00. The van der Waals surface area contributed by atoms with E-state index >= 15 is 0 Å². The van der Waals surface area contributed by atoms with Gasteiger partial charge in [-0.2, -0.15) is 0 Å². The lowest BCUT2D eigenvalue weighted by Gasteiger charge is -2.35. The molecule has 21 heavy (non-hydrogen) atoms. The highest BCUT2D eigenvalue weighted by molar-refractivity contribution is 5.77. The zero-order chi connectivity index (χ0) is 15.2. The molecular formula is C16H31N3O2. The smallest absolute Gasteiger partial charge is 0.236 e. The Morgan fingerprint density at radius 3 is 2.48 bits per heavy atom. The van der Waals surface area contributed by atoms with Gasteiger partial charge in [-0.3, -0.25) is 9.69 Å². The maximum Gasteiger partial charge on any atom is 0.236 e. The summed E-state index contributed by atoms with van der Waals surface area (Å²) in [6, 6.07) is 0.765. The van der Waals surface area contributed by atoms with Gasteiger partial charge < -0.3 is 15.3 Å². The predicted molar refractivity (Wildman–Crippen MR) is 84.2 cm³/mol. The van der Waals surface area contributed by atoms with Crippen LogP contribution < -0.4 is 5.32 Å². The van der Waals surface area contributed by atoms with Gasteiger partial charge in [-0.05, 0) is 25.7 Å². The summed E-state index contributed by atoms with van der Waals surface area (Å²) in [5.74, 6) is 0.181. The molecule has 122 valence electrons. The van der Waals surface area contributed by atoms with Crippen molar-refractivity contribution in [2.45, 2.75) is 63.1 Å². The van der Waals surface area contributed by atoms with Crippen LogP contribution in [0.25, 0.3) is 0 Å². The van der Waals surface area contributed by atoms with Crippen LogP contribution in [0.2, 0.25) is 0 Å². The van der Waals surface area contributed by atoms with Gasteiger partial charge in [0.05, 0.1) is 12.6 Å². The van der Waals surface area contributed by atoms with Crippen molar-refractivity contribution < 1.29 is 9.90 Å². The predicted octanol–water partition coefficient (Wildman–Crippen LogP) is 0.822. The van der Waals surface area contributed by atoms with Crippen LogP contribution in [0.5, 0.6) is 0 Å². The minimum Gasteiger partial charge on any atom is -0.392 e. The average Bonchev–Trinajstić information content (AvgIpc) is 2.66. The van der Waals surface area contributed by atoms with Crippen LogP contribution in [0, 0.1) is 0 Å². The third-order valence-corrected chi connectivity index (χ3v) is 4.87. The molecule has 1 aliphatic carbocycles. The zero-order valence-electron chi connectivity index (χ0n) is 13.6. The van der Waals surface area contributed by atoms with Crippen molar-refractivity contribution in [1.29, 1.82) is 0 Å². The molecule has 2 aliphatic rings. The number of nitrogens with zero attached hydrogens (tertiary/aromatic N) is 2. The number of likely N-dealkylation sites (N-methyl/N-ethyl adjacent to an activating group) is 1. The van der Waals surface area contributed by atoms with Gasteiger partial charge in [-0.15, -0.1) is 0 Å². The second-order valence-corrected chi connectivity index (χ2v) is 6.82. The number of carbonyl (C=O) groups is 1. The summed E-state index contributed by atoms with van der Waals surface area (Å²) >= 11 is 0. The monoisotopic (exact) mass is 297 g/mol. The minimum atomic E-state index is -0.180. The highest BCUT2D eigenvalue weighted by atomic mass is 16.3. The number of aliphatic hydroxyl groups excluding tert-OH is 1. The Bertz CT molecular complexity index is 327. The van der Waals surface area contributed by atoms with E-state index in [9.17, 15) is 9.90 Å². The molecule has 2 unspecified atom stereocenters. The van der Waals surface area contributed by atoms with Gasteiger partial charge in [0.15, 0.2) is 0 Å². The summed E-state index contributed by atoms with van der Waals surface area (Å²) in [5.41, 5.74) is 0. The Labute approximate surface area is 128 Å². The maximum atomic E-state index is 11.7. The first-order chi connectivity index (χ1) is 10.1. The first kappa shape index (κ1) is 16.7.